The molecule has 0 radical (unpaired) electrons. The summed E-state index contributed by atoms with van der Waals surface area (Å²) in [6, 6.07) is 11.3. The molecule has 2 heterocycles. The molecule has 2 aliphatic heterocycles. The first-order chi connectivity index (χ1) is 16.9. The van der Waals surface area contributed by atoms with Gasteiger partial charge in [-0.1, -0.05) is 18.2 Å². The quantitative estimate of drug-likeness (QED) is 0.674. The van der Waals surface area contributed by atoms with E-state index in [1.807, 2.05) is 6.92 Å². The van der Waals surface area contributed by atoms with Crippen LogP contribution < -0.4 is 14.8 Å². The fraction of sp³-hybridized carbons (Fsp3) is 0.519. The van der Waals surface area contributed by atoms with Gasteiger partial charge in [0.15, 0.2) is 11.5 Å². The topological polar surface area (TPSA) is 84.9 Å². The Morgan fingerprint density at radius 3 is 2.43 bits per heavy atom. The van der Waals surface area contributed by atoms with Gasteiger partial charge in [-0.3, -0.25) is 4.79 Å². The lowest BCUT2D eigenvalue weighted by Crippen LogP contribution is -2.43. The van der Waals surface area contributed by atoms with E-state index in [0.717, 1.165) is 24.8 Å². The van der Waals surface area contributed by atoms with E-state index in [4.69, 9.17) is 9.47 Å². The third-order valence-corrected chi connectivity index (χ3v) is 9.31. The third kappa shape index (κ3) is 5.19. The van der Waals surface area contributed by atoms with Crippen molar-refractivity contribution in [1.82, 2.24) is 9.62 Å². The number of ether oxygens (including phenoxy) is 2. The van der Waals surface area contributed by atoms with Gasteiger partial charge in [0.25, 0.3) is 0 Å². The predicted octanol–water partition coefficient (Wildman–Crippen LogP) is 4.00. The van der Waals surface area contributed by atoms with Crippen LogP contribution in [0.4, 0.5) is 0 Å². The second kappa shape index (κ2) is 10.2. The number of piperidine rings is 1. The summed E-state index contributed by atoms with van der Waals surface area (Å²) in [5, 5.41) is 3.16. The number of fused-ring (bicyclic) bond motifs is 2. The molecule has 188 valence electrons. The molecule has 0 bridgehead atoms. The number of carbonyl (C=O) groups is 1. The van der Waals surface area contributed by atoms with Gasteiger partial charge in [0.1, 0.15) is 0 Å². The zero-order valence-electron chi connectivity index (χ0n) is 20.3. The molecule has 0 aromatic heterocycles. The highest BCUT2D eigenvalue weighted by molar-refractivity contribution is 7.89. The summed E-state index contributed by atoms with van der Waals surface area (Å²) in [5.74, 6) is 0.854. The molecule has 35 heavy (non-hydrogen) atoms. The lowest BCUT2D eigenvalue weighted by atomic mass is 9.89. The van der Waals surface area contributed by atoms with E-state index in [1.165, 1.54) is 28.3 Å². The molecule has 0 spiro atoms. The maximum atomic E-state index is 13.2. The van der Waals surface area contributed by atoms with Gasteiger partial charge < -0.3 is 14.8 Å². The van der Waals surface area contributed by atoms with Crippen molar-refractivity contribution in [1.29, 1.82) is 0 Å². The van der Waals surface area contributed by atoms with Gasteiger partial charge in [-0.15, -0.1) is 0 Å². The zero-order chi connectivity index (χ0) is 24.4. The fourth-order valence-electron chi connectivity index (χ4n) is 5.25. The van der Waals surface area contributed by atoms with Crippen LogP contribution in [0, 0.1) is 5.92 Å². The highest BCUT2D eigenvalue weighted by Gasteiger charge is 2.33. The molecule has 1 unspecified atom stereocenters. The van der Waals surface area contributed by atoms with E-state index >= 15 is 0 Å². The molecule has 0 saturated carbocycles. The first kappa shape index (κ1) is 24.1. The number of aryl methyl sites for hydroxylation is 2. The molecule has 1 aliphatic carbocycles. The number of nitrogens with one attached hydrogen (secondary N) is 1. The van der Waals surface area contributed by atoms with Crippen LogP contribution in [0.1, 0.15) is 61.8 Å². The van der Waals surface area contributed by atoms with Crippen molar-refractivity contribution < 1.29 is 22.7 Å². The molecular weight excluding hydrogens is 464 g/mol. The molecule has 8 heteroatoms. The van der Waals surface area contributed by atoms with E-state index in [-0.39, 0.29) is 22.8 Å². The number of hydrogen-bond donors (Lipinski definition) is 1. The fourth-order valence-corrected chi connectivity index (χ4v) is 6.73. The van der Waals surface area contributed by atoms with E-state index in [1.54, 1.807) is 18.2 Å². The minimum atomic E-state index is -3.67. The number of benzene rings is 2. The van der Waals surface area contributed by atoms with E-state index in [0.29, 0.717) is 50.6 Å². The summed E-state index contributed by atoms with van der Waals surface area (Å²) in [6.45, 7) is 3.72. The van der Waals surface area contributed by atoms with Crippen LogP contribution in [-0.2, 0) is 27.7 Å². The normalized spacial score (nSPS) is 19.9. The summed E-state index contributed by atoms with van der Waals surface area (Å²) in [4.78, 5) is 13.2. The standard InChI is InChI=1S/C27H34N2O5S/c1-19(22-8-7-20-5-2-3-6-23(20)17-22)28-27(30)21-11-13-29(14-12-21)35(31,32)24-9-10-25-26(18-24)34-16-4-15-33-25/h7-10,17-19,21H,2-6,11-16H2,1H3,(H,28,30). The lowest BCUT2D eigenvalue weighted by molar-refractivity contribution is -0.126. The summed E-state index contributed by atoms with van der Waals surface area (Å²) in [7, 11) is -3.67. The van der Waals surface area contributed by atoms with Gasteiger partial charge in [-0.25, -0.2) is 8.42 Å². The predicted molar refractivity (Wildman–Crippen MR) is 133 cm³/mol. The molecule has 7 nitrogen and oxygen atoms in total. The van der Waals surface area contributed by atoms with Crippen molar-refractivity contribution in [2.75, 3.05) is 26.3 Å². The summed E-state index contributed by atoms with van der Waals surface area (Å²) >= 11 is 0. The van der Waals surface area contributed by atoms with Gasteiger partial charge in [0.2, 0.25) is 15.9 Å². The van der Waals surface area contributed by atoms with Crippen molar-refractivity contribution in [2.45, 2.75) is 62.8 Å². The number of hydrogen-bond acceptors (Lipinski definition) is 5. The third-order valence-electron chi connectivity index (χ3n) is 7.41. The minimum absolute atomic E-state index is 0.00264. The van der Waals surface area contributed by atoms with Crippen molar-refractivity contribution >= 4 is 15.9 Å². The molecule has 1 atom stereocenters. The Labute approximate surface area is 207 Å². The Kier molecular flexibility index (Phi) is 7.02. The molecular formula is C27H34N2O5S. The monoisotopic (exact) mass is 498 g/mol. The van der Waals surface area contributed by atoms with Gasteiger partial charge in [0.05, 0.1) is 24.2 Å². The van der Waals surface area contributed by atoms with Crippen molar-refractivity contribution in [3.8, 4) is 11.5 Å². The number of amides is 1. The SMILES string of the molecule is CC(NC(=O)C1CCN(S(=O)(=O)c2ccc3c(c2)OCCCO3)CC1)c1ccc2c(c1)CCCC2. The first-order valence-electron chi connectivity index (χ1n) is 12.7. The molecule has 2 aromatic carbocycles. The average molecular weight is 499 g/mol. The van der Waals surface area contributed by atoms with E-state index in [2.05, 4.69) is 23.5 Å². The van der Waals surface area contributed by atoms with Crippen molar-refractivity contribution in [3.05, 3.63) is 53.1 Å². The van der Waals surface area contributed by atoms with Crippen LogP contribution in [-0.4, -0.2) is 44.9 Å². The summed E-state index contributed by atoms with van der Waals surface area (Å²) < 4.78 is 39.2. The van der Waals surface area contributed by atoms with Crippen LogP contribution in [0.15, 0.2) is 41.3 Å². The largest absolute Gasteiger partial charge is 0.490 e. The van der Waals surface area contributed by atoms with Crippen molar-refractivity contribution in [3.63, 3.8) is 0 Å². The van der Waals surface area contributed by atoms with Crippen LogP contribution in [0.2, 0.25) is 0 Å². The minimum Gasteiger partial charge on any atom is -0.490 e. The Balaban J connectivity index is 1.19. The Morgan fingerprint density at radius 1 is 0.943 bits per heavy atom. The smallest absolute Gasteiger partial charge is 0.243 e. The molecule has 1 N–H and O–H groups in total. The molecule has 1 amide bonds. The highest BCUT2D eigenvalue weighted by atomic mass is 32.2. The first-order valence-corrected chi connectivity index (χ1v) is 14.2. The maximum Gasteiger partial charge on any atom is 0.243 e. The highest BCUT2D eigenvalue weighted by Crippen LogP contribution is 2.34. The Hall–Kier alpha value is -2.58. The molecule has 5 rings (SSSR count). The second-order valence-electron chi connectivity index (χ2n) is 9.80. The van der Waals surface area contributed by atoms with Gasteiger partial charge in [0, 0.05) is 31.5 Å². The molecule has 1 fully saturated rings. The summed E-state index contributed by atoms with van der Waals surface area (Å²) in [6.07, 6.45) is 6.51. The number of carbonyl (C=O) groups excluding carboxylic acids is 1. The Morgan fingerprint density at radius 2 is 1.66 bits per heavy atom. The zero-order valence-corrected chi connectivity index (χ0v) is 21.1. The average Bonchev–Trinajstić information content (AvgIpc) is 3.13. The molecule has 3 aliphatic rings. The van der Waals surface area contributed by atoms with Crippen LogP contribution in [0.3, 0.4) is 0 Å². The van der Waals surface area contributed by atoms with Gasteiger partial charge >= 0.3 is 0 Å². The van der Waals surface area contributed by atoms with Crippen LogP contribution in [0.25, 0.3) is 0 Å². The van der Waals surface area contributed by atoms with Gasteiger partial charge in [-0.05, 0) is 74.3 Å². The van der Waals surface area contributed by atoms with Gasteiger partial charge in [-0.2, -0.15) is 4.31 Å². The molecule has 2 aromatic rings. The number of sulfonamides is 1. The number of nitrogens with zero attached hydrogens (tertiary/aromatic N) is 1. The number of rotatable bonds is 5. The Bertz CT molecular complexity index is 1190. The second-order valence-corrected chi connectivity index (χ2v) is 11.7. The summed E-state index contributed by atoms with van der Waals surface area (Å²) in [5.41, 5.74) is 3.97. The van der Waals surface area contributed by atoms with Crippen LogP contribution in [0.5, 0.6) is 11.5 Å². The van der Waals surface area contributed by atoms with Crippen LogP contribution >= 0.6 is 0 Å². The van der Waals surface area contributed by atoms with E-state index < -0.39 is 10.0 Å². The van der Waals surface area contributed by atoms with Crippen molar-refractivity contribution in [2.24, 2.45) is 5.92 Å². The van der Waals surface area contributed by atoms with E-state index in [9.17, 15) is 13.2 Å². The lowest BCUT2D eigenvalue weighted by Gasteiger charge is -2.31. The maximum absolute atomic E-state index is 13.2. The molecule has 1 saturated heterocycles.